The topological polar surface area (TPSA) is 58.4 Å². The Morgan fingerprint density at radius 3 is 2.90 bits per heavy atom. The predicted molar refractivity (Wildman–Crippen MR) is 86.3 cm³/mol. The molecule has 0 aliphatic heterocycles. The number of rotatable bonds is 7. The van der Waals surface area contributed by atoms with Gasteiger partial charge in [0.2, 0.25) is 0 Å². The number of carboxylic acids is 1. The van der Waals surface area contributed by atoms with Gasteiger partial charge in [-0.2, -0.15) is 0 Å². The largest absolute Gasteiger partial charge is 0.481 e. The van der Waals surface area contributed by atoms with Crippen molar-refractivity contribution in [1.29, 1.82) is 0 Å². The van der Waals surface area contributed by atoms with Crippen molar-refractivity contribution >= 4 is 40.4 Å². The molecule has 21 heavy (non-hydrogen) atoms. The fraction of sp³-hybridized carbons (Fsp3) is 0.429. The van der Waals surface area contributed by atoms with Crippen molar-refractivity contribution in [1.82, 2.24) is 14.5 Å². The standard InChI is InChI=1S/C14H18ClN3O2S/c1-17(2)7-4-8-18-11-6-3-5-10(15)13(11)16-14(18)21-9-12(19)20/h3,5-6H,4,7-9H2,1-2H3,(H,19,20). The first-order chi connectivity index (χ1) is 9.99. The predicted octanol–water partition coefficient (Wildman–Crippen LogP) is 2.82. The van der Waals surface area contributed by atoms with Gasteiger partial charge in [-0.15, -0.1) is 0 Å². The second-order valence-corrected chi connectivity index (χ2v) is 6.34. The first-order valence-corrected chi connectivity index (χ1v) is 7.99. The van der Waals surface area contributed by atoms with E-state index in [1.54, 1.807) is 6.07 Å². The zero-order valence-corrected chi connectivity index (χ0v) is 13.6. The number of thioether (sulfide) groups is 1. The molecule has 0 fully saturated rings. The van der Waals surface area contributed by atoms with E-state index in [1.807, 2.05) is 26.2 Å². The Morgan fingerprint density at radius 1 is 1.48 bits per heavy atom. The van der Waals surface area contributed by atoms with Gasteiger partial charge in [-0.1, -0.05) is 29.4 Å². The maximum Gasteiger partial charge on any atom is 0.313 e. The smallest absolute Gasteiger partial charge is 0.313 e. The highest BCUT2D eigenvalue weighted by molar-refractivity contribution is 7.99. The highest BCUT2D eigenvalue weighted by atomic mass is 35.5. The normalized spacial score (nSPS) is 11.4. The fourth-order valence-electron chi connectivity index (χ4n) is 2.09. The molecule has 0 amide bonds. The lowest BCUT2D eigenvalue weighted by molar-refractivity contribution is -0.133. The maximum atomic E-state index is 10.8. The monoisotopic (exact) mass is 327 g/mol. The second-order valence-electron chi connectivity index (χ2n) is 4.99. The zero-order valence-electron chi connectivity index (χ0n) is 12.0. The third-order valence-electron chi connectivity index (χ3n) is 3.01. The SMILES string of the molecule is CN(C)CCCn1c(SCC(=O)O)nc2c(Cl)cccc21. The molecule has 0 unspecified atom stereocenters. The molecule has 7 heteroatoms. The number of aliphatic carboxylic acids is 1. The summed E-state index contributed by atoms with van der Waals surface area (Å²) in [6.45, 7) is 1.75. The van der Waals surface area contributed by atoms with Crippen molar-refractivity contribution in [3.63, 3.8) is 0 Å². The lowest BCUT2D eigenvalue weighted by atomic mass is 10.3. The van der Waals surface area contributed by atoms with E-state index < -0.39 is 5.97 Å². The molecule has 0 atom stereocenters. The lowest BCUT2D eigenvalue weighted by Crippen LogP contribution is -2.15. The summed E-state index contributed by atoms with van der Waals surface area (Å²) in [5, 5.41) is 10.2. The Labute approximate surface area is 132 Å². The van der Waals surface area contributed by atoms with Crippen LogP contribution in [0.15, 0.2) is 23.4 Å². The van der Waals surface area contributed by atoms with E-state index in [9.17, 15) is 4.79 Å². The Balaban J connectivity index is 2.30. The average molecular weight is 328 g/mol. The summed E-state index contributed by atoms with van der Waals surface area (Å²) in [5.74, 6) is -0.854. The van der Waals surface area contributed by atoms with Crippen molar-refractivity contribution in [3.05, 3.63) is 23.2 Å². The molecule has 0 aliphatic rings. The van der Waals surface area contributed by atoms with E-state index in [0.29, 0.717) is 10.2 Å². The van der Waals surface area contributed by atoms with Gasteiger partial charge in [-0.05, 0) is 39.2 Å². The molecule has 2 rings (SSSR count). The number of aromatic nitrogens is 2. The van der Waals surface area contributed by atoms with Crippen LogP contribution in [0.3, 0.4) is 0 Å². The molecule has 0 bridgehead atoms. The number of para-hydroxylation sites is 1. The molecule has 0 radical (unpaired) electrons. The molecule has 1 aromatic heterocycles. The number of nitrogens with zero attached hydrogens (tertiary/aromatic N) is 3. The van der Waals surface area contributed by atoms with E-state index in [0.717, 1.165) is 30.5 Å². The van der Waals surface area contributed by atoms with Crippen LogP contribution in [0.5, 0.6) is 0 Å². The van der Waals surface area contributed by atoms with Gasteiger partial charge in [0.25, 0.3) is 0 Å². The van der Waals surface area contributed by atoms with Crippen molar-refractivity contribution in [2.24, 2.45) is 0 Å². The highest BCUT2D eigenvalue weighted by Crippen LogP contribution is 2.28. The summed E-state index contributed by atoms with van der Waals surface area (Å²) < 4.78 is 2.05. The summed E-state index contributed by atoms with van der Waals surface area (Å²) in [5.41, 5.74) is 1.69. The van der Waals surface area contributed by atoms with E-state index in [4.69, 9.17) is 16.7 Å². The molecule has 0 spiro atoms. The molecule has 0 saturated carbocycles. The third kappa shape index (κ3) is 4.12. The van der Waals surface area contributed by atoms with Crippen LogP contribution in [0.2, 0.25) is 5.02 Å². The van der Waals surface area contributed by atoms with Gasteiger partial charge in [0.15, 0.2) is 5.16 Å². The molecule has 0 aliphatic carbocycles. The average Bonchev–Trinajstić information content (AvgIpc) is 2.76. The molecule has 2 aromatic rings. The molecule has 1 N–H and O–H groups in total. The number of imidazole rings is 1. The molecular formula is C14H18ClN3O2S. The second kappa shape index (κ2) is 7.15. The van der Waals surface area contributed by atoms with Crippen LogP contribution in [-0.2, 0) is 11.3 Å². The first kappa shape index (κ1) is 16.1. The lowest BCUT2D eigenvalue weighted by Gasteiger charge is -2.11. The fourth-order valence-corrected chi connectivity index (χ4v) is 3.05. The molecule has 0 saturated heterocycles. The Morgan fingerprint density at radius 2 is 2.24 bits per heavy atom. The van der Waals surface area contributed by atoms with Crippen LogP contribution in [0.4, 0.5) is 0 Å². The van der Waals surface area contributed by atoms with E-state index >= 15 is 0 Å². The molecule has 5 nitrogen and oxygen atoms in total. The summed E-state index contributed by atoms with van der Waals surface area (Å²) in [6, 6.07) is 5.65. The molecular weight excluding hydrogens is 310 g/mol. The first-order valence-electron chi connectivity index (χ1n) is 6.63. The minimum Gasteiger partial charge on any atom is -0.481 e. The minimum absolute atomic E-state index is 0.00534. The Bertz CT molecular complexity index is 642. The van der Waals surface area contributed by atoms with Crippen LogP contribution in [0.1, 0.15) is 6.42 Å². The Hall–Kier alpha value is -1.24. The van der Waals surface area contributed by atoms with Gasteiger partial charge in [0.1, 0.15) is 5.52 Å². The quantitative estimate of drug-likeness (QED) is 0.792. The van der Waals surface area contributed by atoms with Gasteiger partial charge in [0.05, 0.1) is 16.3 Å². The van der Waals surface area contributed by atoms with Gasteiger partial charge >= 0.3 is 5.97 Å². The number of hydrogen-bond donors (Lipinski definition) is 1. The van der Waals surface area contributed by atoms with Crippen LogP contribution in [0, 0.1) is 0 Å². The number of hydrogen-bond acceptors (Lipinski definition) is 4. The third-order valence-corrected chi connectivity index (χ3v) is 4.27. The minimum atomic E-state index is -0.849. The summed E-state index contributed by atoms with van der Waals surface area (Å²) >= 11 is 7.41. The number of halogens is 1. The van der Waals surface area contributed by atoms with Crippen molar-refractivity contribution in [3.8, 4) is 0 Å². The summed E-state index contributed by atoms with van der Waals surface area (Å²) in [6.07, 6.45) is 0.964. The van der Waals surface area contributed by atoms with Crippen LogP contribution < -0.4 is 0 Å². The van der Waals surface area contributed by atoms with E-state index in [-0.39, 0.29) is 5.75 Å². The molecule has 1 aromatic carbocycles. The number of carboxylic acid groups (broad SMARTS) is 1. The summed E-state index contributed by atoms with van der Waals surface area (Å²) in [7, 11) is 4.06. The number of carbonyl (C=O) groups is 1. The number of benzene rings is 1. The van der Waals surface area contributed by atoms with Crippen LogP contribution >= 0.6 is 23.4 Å². The number of aryl methyl sites for hydroxylation is 1. The van der Waals surface area contributed by atoms with Crippen molar-refractivity contribution in [2.45, 2.75) is 18.1 Å². The van der Waals surface area contributed by atoms with Crippen molar-refractivity contribution in [2.75, 3.05) is 26.4 Å². The highest BCUT2D eigenvalue weighted by Gasteiger charge is 2.14. The number of fused-ring (bicyclic) bond motifs is 1. The zero-order chi connectivity index (χ0) is 15.4. The molecule has 114 valence electrons. The molecule has 1 heterocycles. The maximum absolute atomic E-state index is 10.8. The van der Waals surface area contributed by atoms with Crippen LogP contribution in [0.25, 0.3) is 11.0 Å². The summed E-state index contributed by atoms with van der Waals surface area (Å²) in [4.78, 5) is 17.4. The van der Waals surface area contributed by atoms with Gasteiger partial charge in [0, 0.05) is 6.54 Å². The Kier molecular flexibility index (Phi) is 5.50. The van der Waals surface area contributed by atoms with Crippen molar-refractivity contribution < 1.29 is 9.90 Å². The van der Waals surface area contributed by atoms with E-state index in [2.05, 4.69) is 14.5 Å². The van der Waals surface area contributed by atoms with E-state index in [1.165, 1.54) is 11.8 Å². The van der Waals surface area contributed by atoms with Gasteiger partial charge in [-0.25, -0.2) is 4.98 Å². The van der Waals surface area contributed by atoms with Gasteiger partial charge in [-0.3, -0.25) is 4.79 Å². The van der Waals surface area contributed by atoms with Crippen LogP contribution in [-0.4, -0.2) is 51.9 Å². The van der Waals surface area contributed by atoms with Gasteiger partial charge < -0.3 is 14.6 Å².